The third-order valence-electron chi connectivity index (χ3n) is 0.459. The molecule has 0 bridgehead atoms. The minimum Gasteiger partial charge on any atom is -0.119 e. The summed E-state index contributed by atoms with van der Waals surface area (Å²) in [5, 5.41) is 0.806. The van der Waals surface area contributed by atoms with Gasteiger partial charge in [-0.25, -0.2) is 0 Å². The number of hydrogen-bond acceptors (Lipinski definition) is 0. The standard InChI is InChI=1S/C5H8Cl2/c1-4(6)3-5(2)7/h3-4H,1-2H3/b5-3+/t4-/m1/s1. The van der Waals surface area contributed by atoms with E-state index in [9.17, 15) is 0 Å². The van der Waals surface area contributed by atoms with Crippen LogP contribution in [0.5, 0.6) is 0 Å². The van der Waals surface area contributed by atoms with Crippen LogP contribution < -0.4 is 0 Å². The molecule has 0 rings (SSSR count). The van der Waals surface area contributed by atoms with Gasteiger partial charge in [0.05, 0.1) is 5.38 Å². The predicted molar refractivity (Wildman–Crippen MR) is 34.9 cm³/mol. The van der Waals surface area contributed by atoms with Crippen LogP contribution in [-0.4, -0.2) is 5.38 Å². The van der Waals surface area contributed by atoms with E-state index in [1.54, 1.807) is 13.0 Å². The highest BCUT2D eigenvalue weighted by Gasteiger charge is 1.86. The van der Waals surface area contributed by atoms with Gasteiger partial charge < -0.3 is 0 Å². The number of alkyl halides is 1. The van der Waals surface area contributed by atoms with Crippen LogP contribution in [-0.2, 0) is 0 Å². The lowest BCUT2D eigenvalue weighted by molar-refractivity contribution is 1.22. The Hall–Kier alpha value is 0.320. The van der Waals surface area contributed by atoms with Gasteiger partial charge in [-0.15, -0.1) is 11.6 Å². The van der Waals surface area contributed by atoms with Gasteiger partial charge in [0, 0.05) is 5.03 Å². The Bertz CT molecular complexity index is 70.1. The van der Waals surface area contributed by atoms with Crippen molar-refractivity contribution in [3.63, 3.8) is 0 Å². The summed E-state index contributed by atoms with van der Waals surface area (Å²) in [5.74, 6) is 0. The molecule has 0 N–H and O–H groups in total. The number of hydrogen-bond donors (Lipinski definition) is 0. The Labute approximate surface area is 54.1 Å². The first-order valence-electron chi connectivity index (χ1n) is 2.11. The summed E-state index contributed by atoms with van der Waals surface area (Å²) in [6, 6.07) is 0. The minimum absolute atomic E-state index is 0.0532. The van der Waals surface area contributed by atoms with Crippen LogP contribution in [0.25, 0.3) is 0 Å². The Kier molecular flexibility index (Phi) is 3.49. The zero-order valence-corrected chi connectivity index (χ0v) is 5.92. The van der Waals surface area contributed by atoms with E-state index >= 15 is 0 Å². The van der Waals surface area contributed by atoms with Crippen molar-refractivity contribution >= 4 is 23.2 Å². The molecule has 0 aromatic carbocycles. The molecule has 0 aromatic rings. The van der Waals surface area contributed by atoms with E-state index in [1.165, 1.54) is 0 Å². The maximum atomic E-state index is 5.51. The third-order valence-corrected chi connectivity index (χ3v) is 0.711. The Balaban J connectivity index is 3.45. The quantitative estimate of drug-likeness (QED) is 0.490. The molecule has 0 heterocycles. The van der Waals surface area contributed by atoms with Crippen molar-refractivity contribution in [2.75, 3.05) is 0 Å². The van der Waals surface area contributed by atoms with Crippen molar-refractivity contribution in [3.8, 4) is 0 Å². The van der Waals surface area contributed by atoms with Gasteiger partial charge in [0.15, 0.2) is 0 Å². The fourth-order valence-corrected chi connectivity index (χ4v) is 0.759. The van der Waals surface area contributed by atoms with Gasteiger partial charge in [-0.1, -0.05) is 17.7 Å². The molecule has 0 aliphatic carbocycles. The van der Waals surface area contributed by atoms with E-state index in [4.69, 9.17) is 23.2 Å². The molecule has 0 aliphatic heterocycles. The van der Waals surface area contributed by atoms with E-state index in [0.717, 1.165) is 5.03 Å². The molecular formula is C5H8Cl2. The highest BCUT2D eigenvalue weighted by molar-refractivity contribution is 6.30. The molecule has 0 fully saturated rings. The first kappa shape index (κ1) is 7.32. The van der Waals surface area contributed by atoms with Crippen LogP contribution in [0.3, 0.4) is 0 Å². The van der Waals surface area contributed by atoms with Gasteiger partial charge in [0.1, 0.15) is 0 Å². The molecule has 2 heteroatoms. The molecule has 42 valence electrons. The van der Waals surface area contributed by atoms with E-state index in [0.29, 0.717) is 0 Å². The van der Waals surface area contributed by atoms with Crippen molar-refractivity contribution in [2.24, 2.45) is 0 Å². The lowest BCUT2D eigenvalue weighted by Gasteiger charge is -1.88. The number of allylic oxidation sites excluding steroid dienone is 2. The van der Waals surface area contributed by atoms with Gasteiger partial charge in [0.2, 0.25) is 0 Å². The lowest BCUT2D eigenvalue weighted by Crippen LogP contribution is -1.80. The first-order chi connectivity index (χ1) is 3.13. The summed E-state index contributed by atoms with van der Waals surface area (Å²) in [7, 11) is 0. The van der Waals surface area contributed by atoms with Crippen LogP contribution >= 0.6 is 23.2 Å². The summed E-state index contributed by atoms with van der Waals surface area (Å²) in [6.45, 7) is 3.67. The van der Waals surface area contributed by atoms with E-state index in [2.05, 4.69) is 0 Å². The average Bonchev–Trinajstić information content (AvgIpc) is 1.27. The van der Waals surface area contributed by atoms with Crippen molar-refractivity contribution in [3.05, 3.63) is 11.1 Å². The van der Waals surface area contributed by atoms with Crippen molar-refractivity contribution < 1.29 is 0 Å². The maximum absolute atomic E-state index is 5.51. The minimum atomic E-state index is 0.0532. The van der Waals surface area contributed by atoms with Gasteiger partial charge in [-0.3, -0.25) is 0 Å². The average molecular weight is 139 g/mol. The highest BCUT2D eigenvalue weighted by atomic mass is 35.5. The summed E-state index contributed by atoms with van der Waals surface area (Å²) >= 11 is 11.0. The predicted octanol–water partition coefficient (Wildman–Crippen LogP) is 2.76. The monoisotopic (exact) mass is 138 g/mol. The summed E-state index contributed by atoms with van der Waals surface area (Å²) < 4.78 is 0. The molecule has 0 saturated carbocycles. The smallest absolute Gasteiger partial charge is 0.0501 e. The molecule has 0 radical (unpaired) electrons. The number of halogens is 2. The third kappa shape index (κ3) is 6.32. The number of rotatable bonds is 1. The molecule has 0 nitrogen and oxygen atoms in total. The van der Waals surface area contributed by atoms with Crippen LogP contribution in [0.2, 0.25) is 0 Å². The van der Waals surface area contributed by atoms with Crippen molar-refractivity contribution in [1.29, 1.82) is 0 Å². The van der Waals surface area contributed by atoms with Crippen molar-refractivity contribution in [2.45, 2.75) is 19.2 Å². The SMILES string of the molecule is C/C(Cl)=C\[C@@H](C)Cl. The fraction of sp³-hybridized carbons (Fsp3) is 0.600. The first-order valence-corrected chi connectivity index (χ1v) is 2.92. The molecular weight excluding hydrogens is 131 g/mol. The Morgan fingerprint density at radius 2 is 2.14 bits per heavy atom. The Morgan fingerprint density at radius 1 is 1.71 bits per heavy atom. The highest BCUT2D eigenvalue weighted by Crippen LogP contribution is 2.03. The summed E-state index contributed by atoms with van der Waals surface area (Å²) in [4.78, 5) is 0. The van der Waals surface area contributed by atoms with Crippen LogP contribution in [0.15, 0.2) is 11.1 Å². The molecule has 0 saturated heterocycles. The normalized spacial score (nSPS) is 16.9. The summed E-state index contributed by atoms with van der Waals surface area (Å²) in [6.07, 6.45) is 1.78. The fourth-order valence-electron chi connectivity index (χ4n) is 0.316. The molecule has 0 spiro atoms. The zero-order valence-electron chi connectivity index (χ0n) is 4.41. The van der Waals surface area contributed by atoms with Gasteiger partial charge in [-0.05, 0) is 13.8 Å². The van der Waals surface area contributed by atoms with E-state index in [1.807, 2.05) is 6.92 Å². The van der Waals surface area contributed by atoms with Crippen LogP contribution in [0.4, 0.5) is 0 Å². The second kappa shape index (κ2) is 3.34. The lowest BCUT2D eigenvalue weighted by atomic mass is 10.4. The second-order valence-electron chi connectivity index (χ2n) is 1.43. The van der Waals surface area contributed by atoms with Gasteiger partial charge in [-0.2, -0.15) is 0 Å². The largest absolute Gasteiger partial charge is 0.119 e. The molecule has 0 amide bonds. The van der Waals surface area contributed by atoms with E-state index in [-0.39, 0.29) is 5.38 Å². The molecule has 1 atom stereocenters. The maximum Gasteiger partial charge on any atom is 0.0501 e. The van der Waals surface area contributed by atoms with Gasteiger partial charge in [0.25, 0.3) is 0 Å². The summed E-state index contributed by atoms with van der Waals surface area (Å²) in [5.41, 5.74) is 0. The molecule has 0 aliphatic rings. The topological polar surface area (TPSA) is 0 Å². The van der Waals surface area contributed by atoms with E-state index < -0.39 is 0 Å². The zero-order chi connectivity index (χ0) is 5.86. The second-order valence-corrected chi connectivity index (χ2v) is 2.72. The van der Waals surface area contributed by atoms with Gasteiger partial charge >= 0.3 is 0 Å². The Morgan fingerprint density at radius 3 is 2.14 bits per heavy atom. The van der Waals surface area contributed by atoms with Crippen molar-refractivity contribution in [1.82, 2.24) is 0 Å². The molecule has 0 unspecified atom stereocenters. The molecule has 0 aromatic heterocycles. The molecule has 7 heavy (non-hydrogen) atoms. The van der Waals surface area contributed by atoms with Crippen LogP contribution in [0, 0.1) is 0 Å². The van der Waals surface area contributed by atoms with Crippen LogP contribution in [0.1, 0.15) is 13.8 Å².